The third kappa shape index (κ3) is 3.27. The van der Waals surface area contributed by atoms with Crippen molar-refractivity contribution < 1.29 is 19.5 Å². The maximum atomic E-state index is 11.8. The van der Waals surface area contributed by atoms with Crippen LogP contribution in [0.15, 0.2) is 59.4 Å². The fourth-order valence-electron chi connectivity index (χ4n) is 3.76. The first kappa shape index (κ1) is 19.1. The van der Waals surface area contributed by atoms with Gasteiger partial charge >= 0.3 is 5.97 Å². The molecule has 1 atom stereocenters. The molecule has 1 aliphatic carbocycles. The zero-order valence-corrected chi connectivity index (χ0v) is 16.7. The Morgan fingerprint density at radius 1 is 1.38 bits per heavy atom. The van der Waals surface area contributed by atoms with Gasteiger partial charge in [0.25, 0.3) is 0 Å². The van der Waals surface area contributed by atoms with Crippen LogP contribution in [-0.4, -0.2) is 29.9 Å². The van der Waals surface area contributed by atoms with E-state index in [1.165, 1.54) is 24.7 Å². The third-order valence-electron chi connectivity index (χ3n) is 5.16. The van der Waals surface area contributed by atoms with Crippen molar-refractivity contribution in [3.8, 4) is 0 Å². The van der Waals surface area contributed by atoms with E-state index in [0.717, 1.165) is 34.2 Å². The molecule has 7 heteroatoms. The molecule has 0 amide bonds. The fraction of sp³-hybridized carbons (Fsp3) is 0.227. The molecule has 0 spiro atoms. The second-order valence-corrected chi connectivity index (χ2v) is 7.79. The number of hydrogen-bond donors (Lipinski definition) is 1. The molecule has 148 valence electrons. The quantitative estimate of drug-likeness (QED) is 0.254. The molecule has 0 aliphatic heterocycles. The van der Waals surface area contributed by atoms with E-state index in [4.69, 9.17) is 9.57 Å². The molecule has 3 aromatic rings. The predicted octanol–water partition coefficient (Wildman–Crippen LogP) is 4.65. The molecule has 1 N–H and O–H groups in total. The van der Waals surface area contributed by atoms with Crippen LogP contribution in [0.5, 0.6) is 0 Å². The first-order chi connectivity index (χ1) is 14.1. The van der Waals surface area contributed by atoms with Gasteiger partial charge in [-0.05, 0) is 37.1 Å². The van der Waals surface area contributed by atoms with Gasteiger partial charge in [-0.2, -0.15) is 0 Å². The zero-order chi connectivity index (χ0) is 20.4. The Hall–Kier alpha value is -3.19. The largest absolute Gasteiger partial charge is 0.503 e. The first-order valence-electron chi connectivity index (χ1n) is 9.16. The van der Waals surface area contributed by atoms with Crippen LogP contribution in [0.4, 0.5) is 0 Å². The lowest BCUT2D eigenvalue weighted by molar-refractivity contribution is -0.130. The number of oxime groups is 1. The summed E-state index contributed by atoms with van der Waals surface area (Å²) in [6.45, 7) is 3.55. The lowest BCUT2D eigenvalue weighted by atomic mass is 9.84. The second-order valence-electron chi connectivity index (χ2n) is 6.88. The monoisotopic (exact) mass is 408 g/mol. The summed E-state index contributed by atoms with van der Waals surface area (Å²) in [7, 11) is 1.44. The summed E-state index contributed by atoms with van der Waals surface area (Å²) >= 11 is 1.49. The van der Waals surface area contributed by atoms with Crippen LogP contribution in [0.25, 0.3) is 15.7 Å². The summed E-state index contributed by atoms with van der Waals surface area (Å²) in [5.41, 5.74) is 1.49. The number of ether oxygens (including phenoxy) is 1. The number of fused-ring (bicyclic) bond motifs is 1. The highest BCUT2D eigenvalue weighted by Crippen LogP contribution is 2.52. The van der Waals surface area contributed by atoms with Gasteiger partial charge in [-0.3, -0.25) is 4.98 Å². The van der Waals surface area contributed by atoms with Crippen molar-refractivity contribution in [2.24, 2.45) is 11.1 Å². The van der Waals surface area contributed by atoms with Crippen molar-refractivity contribution in [3.05, 3.63) is 71.1 Å². The van der Waals surface area contributed by atoms with Crippen LogP contribution in [0.3, 0.4) is 0 Å². The van der Waals surface area contributed by atoms with Crippen molar-refractivity contribution in [2.45, 2.75) is 18.4 Å². The molecule has 0 saturated heterocycles. The number of aliphatic carboxylic acids is 1. The number of carbonyl (C=O) groups is 1. The average Bonchev–Trinajstić information content (AvgIpc) is 3.51. The van der Waals surface area contributed by atoms with Gasteiger partial charge in [-0.1, -0.05) is 12.1 Å². The summed E-state index contributed by atoms with van der Waals surface area (Å²) in [5.74, 6) is -0.824. The Morgan fingerprint density at radius 2 is 2.21 bits per heavy atom. The highest BCUT2D eigenvalue weighted by molar-refractivity contribution is 7.17. The second kappa shape index (κ2) is 7.67. The number of pyridine rings is 1. The van der Waals surface area contributed by atoms with Gasteiger partial charge in [-0.25, -0.2) is 4.79 Å². The molecule has 2 aromatic heterocycles. The van der Waals surface area contributed by atoms with E-state index in [1.54, 1.807) is 6.20 Å². The molecule has 1 aliphatic rings. The van der Waals surface area contributed by atoms with E-state index in [2.05, 4.69) is 16.9 Å². The number of nitrogens with zero attached hydrogens (tertiary/aromatic N) is 2. The number of thiophene rings is 1. The van der Waals surface area contributed by atoms with Gasteiger partial charge in [0.05, 0.1) is 19.1 Å². The number of carboxylic acids is 1. The molecule has 1 saturated carbocycles. The van der Waals surface area contributed by atoms with Crippen molar-refractivity contribution in [2.75, 3.05) is 7.11 Å². The molecule has 29 heavy (non-hydrogen) atoms. The molecule has 2 heterocycles. The molecule has 1 unspecified atom stereocenters. The number of benzene rings is 1. The normalized spacial score (nSPS) is 16.2. The van der Waals surface area contributed by atoms with Crippen molar-refractivity contribution in [1.29, 1.82) is 0 Å². The number of aromatic nitrogens is 1. The van der Waals surface area contributed by atoms with Crippen LogP contribution >= 0.6 is 11.3 Å². The summed E-state index contributed by atoms with van der Waals surface area (Å²) < 4.78 is 5.97. The molecule has 6 nitrogen and oxygen atoms in total. The molecular formula is C22H20N2O4S. The van der Waals surface area contributed by atoms with Gasteiger partial charge in [0.2, 0.25) is 5.60 Å². The van der Waals surface area contributed by atoms with Crippen LogP contribution in [0.1, 0.15) is 29.7 Å². The minimum atomic E-state index is -1.04. The lowest BCUT2D eigenvalue weighted by Crippen LogP contribution is -2.33. The predicted molar refractivity (Wildman–Crippen MR) is 113 cm³/mol. The molecule has 1 fully saturated rings. The number of hydrogen-bond acceptors (Lipinski definition) is 6. The Balaban J connectivity index is 1.94. The van der Waals surface area contributed by atoms with Crippen molar-refractivity contribution in [3.63, 3.8) is 0 Å². The number of methoxy groups -OCH3 is 1. The average molecular weight is 408 g/mol. The smallest absolute Gasteiger partial charge is 0.339 e. The summed E-state index contributed by atoms with van der Waals surface area (Å²) in [4.78, 5) is 22.3. The highest BCUT2D eigenvalue weighted by atomic mass is 32.1. The molecule has 0 radical (unpaired) electrons. The van der Waals surface area contributed by atoms with Crippen LogP contribution < -0.4 is 0 Å². The Morgan fingerprint density at radius 3 is 2.83 bits per heavy atom. The van der Waals surface area contributed by atoms with E-state index < -0.39 is 11.6 Å². The maximum Gasteiger partial charge on any atom is 0.339 e. The zero-order valence-electron chi connectivity index (χ0n) is 15.9. The van der Waals surface area contributed by atoms with Gasteiger partial charge in [0.1, 0.15) is 5.57 Å². The minimum Gasteiger partial charge on any atom is -0.503 e. The molecule has 1 aromatic carbocycles. The molecule has 0 bridgehead atoms. The van der Waals surface area contributed by atoms with Crippen LogP contribution in [0.2, 0.25) is 0 Å². The summed E-state index contributed by atoms with van der Waals surface area (Å²) in [5, 5.41) is 16.1. The van der Waals surface area contributed by atoms with Crippen LogP contribution in [0, 0.1) is 5.92 Å². The number of rotatable bonds is 8. The van der Waals surface area contributed by atoms with Gasteiger partial charge in [0, 0.05) is 45.4 Å². The Labute approximate surface area is 172 Å². The summed E-state index contributed by atoms with van der Waals surface area (Å²) in [6.07, 6.45) is 4.97. The molecule has 4 rings (SSSR count). The summed E-state index contributed by atoms with van der Waals surface area (Å²) in [6, 6.07) is 11.7. The lowest BCUT2D eigenvalue weighted by Gasteiger charge is -2.31. The van der Waals surface area contributed by atoms with E-state index in [-0.39, 0.29) is 11.5 Å². The van der Waals surface area contributed by atoms with Crippen LogP contribution in [-0.2, 0) is 20.0 Å². The van der Waals surface area contributed by atoms with E-state index in [0.29, 0.717) is 5.56 Å². The Kier molecular flexibility index (Phi) is 5.07. The minimum absolute atomic E-state index is 0.105. The van der Waals surface area contributed by atoms with Crippen molar-refractivity contribution in [1.82, 2.24) is 4.98 Å². The van der Waals surface area contributed by atoms with Crippen molar-refractivity contribution >= 4 is 39.7 Å². The van der Waals surface area contributed by atoms with E-state index in [9.17, 15) is 9.90 Å². The standard InChI is InChI=1S/C22H20N2O4S/c1-23-28-22(14-6-7-14,20-5-3-4-10-24-20)15-8-9-19-16(11-15)18(13-29-19)17(12-27-2)21(25)26/h3-5,8-14H,1,6-7H2,2H3,(H,25,26). The number of carboxylic acid groups (broad SMARTS) is 1. The topological polar surface area (TPSA) is 81.0 Å². The molecular weight excluding hydrogens is 388 g/mol. The van der Waals surface area contributed by atoms with E-state index in [1.807, 2.05) is 41.8 Å². The van der Waals surface area contributed by atoms with E-state index >= 15 is 0 Å². The van der Waals surface area contributed by atoms with Gasteiger partial charge in [-0.15, -0.1) is 16.5 Å². The first-order valence-corrected chi connectivity index (χ1v) is 10.0. The Bertz CT molecular complexity index is 1090. The fourth-order valence-corrected chi connectivity index (χ4v) is 4.70. The highest BCUT2D eigenvalue weighted by Gasteiger charge is 2.52. The third-order valence-corrected chi connectivity index (χ3v) is 6.13. The SMILES string of the molecule is C=NOC(c1ccc2scc(C(=COC)C(=O)O)c2c1)(c1ccccn1)C1CC1. The van der Waals surface area contributed by atoms with Gasteiger partial charge < -0.3 is 14.7 Å². The van der Waals surface area contributed by atoms with Gasteiger partial charge in [0.15, 0.2) is 0 Å². The maximum absolute atomic E-state index is 11.8.